The van der Waals surface area contributed by atoms with Gasteiger partial charge in [-0.05, 0) is 24.6 Å². The lowest BCUT2D eigenvalue weighted by atomic mass is 10.1. The van der Waals surface area contributed by atoms with Gasteiger partial charge in [-0.15, -0.1) is 0 Å². The molecule has 3 nitrogen and oxygen atoms in total. The van der Waals surface area contributed by atoms with Crippen molar-refractivity contribution in [1.82, 2.24) is 0 Å². The van der Waals surface area contributed by atoms with Crippen LogP contribution in [0.15, 0.2) is 0 Å². The molecule has 0 N–H and O–H groups in total. The van der Waals surface area contributed by atoms with Gasteiger partial charge in [-0.3, -0.25) is 0 Å². The van der Waals surface area contributed by atoms with E-state index in [1.54, 1.807) is 0 Å². The van der Waals surface area contributed by atoms with Crippen LogP contribution < -0.4 is 0 Å². The number of hydrogen-bond donors (Lipinski definition) is 0. The Hall–Kier alpha value is -0.513. The van der Waals surface area contributed by atoms with Crippen LogP contribution in [0.5, 0.6) is 0 Å². The predicted octanol–water partition coefficient (Wildman–Crippen LogP) is 5.51. The minimum absolute atomic E-state index is 0.0339. The molecule has 0 fully saturated rings. The second-order valence-corrected chi connectivity index (χ2v) is 11.5. The molecular formula is C15H32O3Si. The van der Waals surface area contributed by atoms with Gasteiger partial charge in [0.25, 0.3) is 8.32 Å². The fourth-order valence-electron chi connectivity index (χ4n) is 1.43. The van der Waals surface area contributed by atoms with Gasteiger partial charge in [0.2, 0.25) is 0 Å². The SMILES string of the molecule is CCCCCCCCOC(=O)O[Si](C)(C)C(C)(C)C. The Bertz CT molecular complexity index is 257. The quantitative estimate of drug-likeness (QED) is 0.336. The molecule has 0 aliphatic carbocycles. The van der Waals surface area contributed by atoms with Crippen molar-refractivity contribution < 1.29 is 14.0 Å². The fraction of sp³-hybridized carbons (Fsp3) is 0.933. The lowest BCUT2D eigenvalue weighted by Crippen LogP contribution is -2.42. The van der Waals surface area contributed by atoms with E-state index in [2.05, 4.69) is 40.8 Å². The molecule has 0 aliphatic rings. The van der Waals surface area contributed by atoms with E-state index in [1.165, 1.54) is 25.7 Å². The molecule has 0 saturated heterocycles. The highest BCUT2D eigenvalue weighted by molar-refractivity contribution is 6.75. The first-order valence-electron chi connectivity index (χ1n) is 7.56. The summed E-state index contributed by atoms with van der Waals surface area (Å²) in [6.45, 7) is 13.1. The smallest absolute Gasteiger partial charge is 0.489 e. The topological polar surface area (TPSA) is 35.5 Å². The van der Waals surface area contributed by atoms with Crippen LogP contribution in [0.3, 0.4) is 0 Å². The van der Waals surface area contributed by atoms with Gasteiger partial charge in [0.15, 0.2) is 0 Å². The third-order valence-electron chi connectivity index (χ3n) is 3.86. The summed E-state index contributed by atoms with van der Waals surface area (Å²) in [6, 6.07) is 0. The number of hydrogen-bond acceptors (Lipinski definition) is 3. The molecule has 0 rings (SSSR count). The first-order chi connectivity index (χ1) is 8.70. The Morgan fingerprint density at radius 2 is 1.53 bits per heavy atom. The van der Waals surface area contributed by atoms with Gasteiger partial charge in [0, 0.05) is 0 Å². The molecule has 0 aliphatic heterocycles. The number of unbranched alkanes of at least 4 members (excludes halogenated alkanes) is 5. The van der Waals surface area contributed by atoms with Crippen LogP contribution in [0.2, 0.25) is 18.1 Å². The van der Waals surface area contributed by atoms with Crippen molar-refractivity contribution in [2.75, 3.05) is 6.61 Å². The van der Waals surface area contributed by atoms with Crippen molar-refractivity contribution >= 4 is 14.5 Å². The lowest BCUT2D eigenvalue weighted by molar-refractivity contribution is 0.0928. The third kappa shape index (κ3) is 8.29. The molecule has 0 bridgehead atoms. The minimum Gasteiger partial charge on any atom is -0.489 e. The second-order valence-electron chi connectivity index (χ2n) is 6.73. The fourth-order valence-corrected chi connectivity index (χ4v) is 2.21. The number of ether oxygens (including phenoxy) is 1. The zero-order valence-electron chi connectivity index (χ0n) is 13.7. The van der Waals surface area contributed by atoms with Crippen LogP contribution in [-0.2, 0) is 9.16 Å². The standard InChI is InChI=1S/C15H32O3Si/c1-7-8-9-10-11-12-13-17-14(16)18-19(5,6)15(2,3)4/h7-13H2,1-6H3. The third-order valence-corrected chi connectivity index (χ3v) is 8.15. The predicted molar refractivity (Wildman–Crippen MR) is 83.0 cm³/mol. The summed E-state index contributed by atoms with van der Waals surface area (Å²) >= 11 is 0. The minimum atomic E-state index is -2.03. The van der Waals surface area contributed by atoms with Crippen LogP contribution in [-0.4, -0.2) is 21.1 Å². The molecule has 0 radical (unpaired) electrons. The first-order valence-corrected chi connectivity index (χ1v) is 10.5. The van der Waals surface area contributed by atoms with E-state index in [0.717, 1.165) is 12.8 Å². The van der Waals surface area contributed by atoms with E-state index >= 15 is 0 Å². The van der Waals surface area contributed by atoms with Gasteiger partial charge in [0.05, 0.1) is 6.61 Å². The molecular weight excluding hydrogens is 256 g/mol. The largest absolute Gasteiger partial charge is 0.494 e. The van der Waals surface area contributed by atoms with Crippen molar-refractivity contribution in [3.05, 3.63) is 0 Å². The molecule has 0 aromatic rings. The average Bonchev–Trinajstić information content (AvgIpc) is 2.25. The Morgan fingerprint density at radius 1 is 1.00 bits per heavy atom. The Labute approximate surface area is 120 Å². The summed E-state index contributed by atoms with van der Waals surface area (Å²) in [5, 5.41) is 0.0339. The van der Waals surface area contributed by atoms with Crippen LogP contribution >= 0.6 is 0 Å². The lowest BCUT2D eigenvalue weighted by Gasteiger charge is -2.34. The van der Waals surface area contributed by atoms with Crippen LogP contribution in [0, 0.1) is 0 Å². The maximum absolute atomic E-state index is 11.6. The molecule has 0 aromatic carbocycles. The highest BCUT2D eigenvalue weighted by atomic mass is 28.4. The van der Waals surface area contributed by atoms with Crippen LogP contribution in [0.25, 0.3) is 0 Å². The summed E-state index contributed by atoms with van der Waals surface area (Å²) in [7, 11) is -2.03. The van der Waals surface area contributed by atoms with Gasteiger partial charge in [-0.25, -0.2) is 4.79 Å². The molecule has 0 heterocycles. The molecule has 0 saturated carbocycles. The molecule has 19 heavy (non-hydrogen) atoms. The first kappa shape index (κ1) is 18.5. The summed E-state index contributed by atoms with van der Waals surface area (Å²) in [6.07, 6.45) is 6.66. The second kappa shape index (κ2) is 8.62. The molecule has 4 heteroatoms. The number of carbonyl (C=O) groups excluding carboxylic acids is 1. The molecule has 0 spiro atoms. The van der Waals surface area contributed by atoms with Gasteiger partial charge in [-0.1, -0.05) is 59.8 Å². The Kier molecular flexibility index (Phi) is 8.38. The van der Waals surface area contributed by atoms with Crippen molar-refractivity contribution in [3.63, 3.8) is 0 Å². The summed E-state index contributed by atoms with van der Waals surface area (Å²) in [4.78, 5) is 11.6. The van der Waals surface area contributed by atoms with Gasteiger partial charge in [-0.2, -0.15) is 0 Å². The van der Waals surface area contributed by atoms with E-state index in [4.69, 9.17) is 9.16 Å². The highest BCUT2D eigenvalue weighted by Crippen LogP contribution is 2.36. The van der Waals surface area contributed by atoms with Gasteiger partial charge < -0.3 is 9.16 Å². The number of carbonyl (C=O) groups is 1. The van der Waals surface area contributed by atoms with Crippen molar-refractivity contribution in [1.29, 1.82) is 0 Å². The van der Waals surface area contributed by atoms with E-state index in [0.29, 0.717) is 6.61 Å². The maximum Gasteiger partial charge on any atom is 0.494 e. The maximum atomic E-state index is 11.6. The zero-order chi connectivity index (χ0) is 14.9. The molecule has 114 valence electrons. The van der Waals surface area contributed by atoms with E-state index < -0.39 is 14.5 Å². The Balaban J connectivity index is 3.71. The average molecular weight is 289 g/mol. The summed E-state index contributed by atoms with van der Waals surface area (Å²) in [5.41, 5.74) is 0. The highest BCUT2D eigenvalue weighted by Gasteiger charge is 2.40. The van der Waals surface area contributed by atoms with E-state index in [9.17, 15) is 4.79 Å². The monoisotopic (exact) mass is 288 g/mol. The van der Waals surface area contributed by atoms with Crippen LogP contribution in [0.1, 0.15) is 66.2 Å². The molecule has 0 atom stereocenters. The molecule has 0 unspecified atom stereocenters. The molecule has 0 amide bonds. The zero-order valence-corrected chi connectivity index (χ0v) is 14.7. The van der Waals surface area contributed by atoms with Gasteiger partial charge in [0.1, 0.15) is 0 Å². The summed E-state index contributed by atoms with van der Waals surface area (Å²) < 4.78 is 10.7. The Morgan fingerprint density at radius 3 is 2.05 bits per heavy atom. The van der Waals surface area contributed by atoms with E-state index in [-0.39, 0.29) is 5.04 Å². The van der Waals surface area contributed by atoms with E-state index in [1.807, 2.05) is 0 Å². The van der Waals surface area contributed by atoms with Crippen LogP contribution in [0.4, 0.5) is 4.79 Å². The van der Waals surface area contributed by atoms with Crippen molar-refractivity contribution in [3.8, 4) is 0 Å². The van der Waals surface area contributed by atoms with Crippen molar-refractivity contribution in [2.45, 2.75) is 84.4 Å². The normalized spacial score (nSPS) is 12.3. The van der Waals surface area contributed by atoms with Gasteiger partial charge >= 0.3 is 6.16 Å². The summed E-state index contributed by atoms with van der Waals surface area (Å²) in [5.74, 6) is 0. The van der Waals surface area contributed by atoms with Crippen molar-refractivity contribution in [2.24, 2.45) is 0 Å². The number of rotatable bonds is 8. The molecule has 0 aromatic heterocycles.